The second-order valence-corrected chi connectivity index (χ2v) is 4.70. The largest absolute Gasteiger partial charge is 0.496 e. The summed E-state index contributed by atoms with van der Waals surface area (Å²) in [4.78, 5) is 0. The highest BCUT2D eigenvalue weighted by Gasteiger charge is 2.16. The third kappa shape index (κ3) is 3.97. The summed E-state index contributed by atoms with van der Waals surface area (Å²) < 4.78 is 11.3. The highest BCUT2D eigenvalue weighted by atomic mass is 16.5. The van der Waals surface area contributed by atoms with Gasteiger partial charge in [-0.25, -0.2) is 0 Å². The van der Waals surface area contributed by atoms with Crippen molar-refractivity contribution >= 4 is 0 Å². The predicted octanol–water partition coefficient (Wildman–Crippen LogP) is 2.31. The lowest BCUT2D eigenvalue weighted by atomic mass is 10.1. The van der Waals surface area contributed by atoms with Gasteiger partial charge in [0.2, 0.25) is 0 Å². The smallest absolute Gasteiger partial charge is 0.139 e. The molecule has 0 bridgehead atoms. The van der Waals surface area contributed by atoms with Crippen LogP contribution in [-0.2, 0) is 6.42 Å². The molecule has 21 heavy (non-hydrogen) atoms. The monoisotopic (exact) mass is 287 g/mol. The first-order valence-corrected chi connectivity index (χ1v) is 6.98. The standard InChI is InChI=1S/C17H21NO3/c1-20-16-5-3-2-4-15(16)17(12-18)21-14-8-6-13(7-9-14)10-11-19/h2-9,17,19H,10-12,18H2,1H3. The molecular weight excluding hydrogens is 266 g/mol. The van der Waals surface area contributed by atoms with Gasteiger partial charge in [0.05, 0.1) is 7.11 Å². The number of hydrogen-bond acceptors (Lipinski definition) is 4. The number of rotatable bonds is 7. The average molecular weight is 287 g/mol. The van der Waals surface area contributed by atoms with Crippen molar-refractivity contribution in [1.29, 1.82) is 0 Å². The van der Waals surface area contributed by atoms with Crippen molar-refractivity contribution in [3.63, 3.8) is 0 Å². The maximum absolute atomic E-state index is 8.92. The van der Waals surface area contributed by atoms with Gasteiger partial charge in [0.1, 0.15) is 17.6 Å². The fraction of sp³-hybridized carbons (Fsp3) is 0.294. The van der Waals surface area contributed by atoms with Gasteiger partial charge in [-0.05, 0) is 30.2 Å². The fourth-order valence-corrected chi connectivity index (χ4v) is 2.20. The van der Waals surface area contributed by atoms with Gasteiger partial charge in [0.15, 0.2) is 0 Å². The number of nitrogens with two attached hydrogens (primary N) is 1. The molecule has 0 saturated heterocycles. The zero-order chi connectivity index (χ0) is 15.1. The lowest BCUT2D eigenvalue weighted by Gasteiger charge is -2.20. The third-order valence-corrected chi connectivity index (χ3v) is 3.30. The molecule has 0 saturated carbocycles. The van der Waals surface area contributed by atoms with Crippen LogP contribution in [0.2, 0.25) is 0 Å². The minimum absolute atomic E-state index is 0.146. The second-order valence-electron chi connectivity index (χ2n) is 4.70. The van der Waals surface area contributed by atoms with E-state index < -0.39 is 0 Å². The van der Waals surface area contributed by atoms with Gasteiger partial charge in [-0.3, -0.25) is 0 Å². The van der Waals surface area contributed by atoms with Crippen LogP contribution in [0.15, 0.2) is 48.5 Å². The van der Waals surface area contributed by atoms with E-state index in [0.717, 1.165) is 22.6 Å². The van der Waals surface area contributed by atoms with Crippen LogP contribution in [0.25, 0.3) is 0 Å². The van der Waals surface area contributed by atoms with Crippen LogP contribution in [0.4, 0.5) is 0 Å². The van der Waals surface area contributed by atoms with E-state index in [1.807, 2.05) is 48.5 Å². The minimum atomic E-state index is -0.259. The Kier molecular flexibility index (Phi) is 5.60. The minimum Gasteiger partial charge on any atom is -0.496 e. The van der Waals surface area contributed by atoms with Crippen molar-refractivity contribution in [2.24, 2.45) is 5.73 Å². The Morgan fingerprint density at radius 3 is 2.43 bits per heavy atom. The molecule has 4 nitrogen and oxygen atoms in total. The Labute approximate surface area is 125 Å². The van der Waals surface area contributed by atoms with E-state index in [9.17, 15) is 0 Å². The molecule has 1 unspecified atom stereocenters. The maximum atomic E-state index is 8.92. The molecule has 0 aliphatic rings. The summed E-state index contributed by atoms with van der Waals surface area (Å²) >= 11 is 0. The lowest BCUT2D eigenvalue weighted by molar-refractivity contribution is 0.209. The zero-order valence-corrected chi connectivity index (χ0v) is 12.2. The lowest BCUT2D eigenvalue weighted by Crippen LogP contribution is -2.19. The van der Waals surface area contributed by atoms with Gasteiger partial charge in [-0.2, -0.15) is 0 Å². The molecule has 4 heteroatoms. The number of hydrogen-bond donors (Lipinski definition) is 2. The molecule has 2 rings (SSSR count). The topological polar surface area (TPSA) is 64.7 Å². The van der Waals surface area contributed by atoms with Gasteiger partial charge in [0, 0.05) is 18.7 Å². The molecule has 3 N–H and O–H groups in total. The van der Waals surface area contributed by atoms with Crippen molar-refractivity contribution in [3.05, 3.63) is 59.7 Å². The van der Waals surface area contributed by atoms with Crippen molar-refractivity contribution in [1.82, 2.24) is 0 Å². The van der Waals surface area contributed by atoms with Crippen molar-refractivity contribution in [3.8, 4) is 11.5 Å². The first-order chi connectivity index (χ1) is 10.3. The van der Waals surface area contributed by atoms with E-state index in [0.29, 0.717) is 13.0 Å². The van der Waals surface area contributed by atoms with Crippen LogP contribution in [-0.4, -0.2) is 25.4 Å². The van der Waals surface area contributed by atoms with E-state index in [4.69, 9.17) is 20.3 Å². The summed E-state index contributed by atoms with van der Waals surface area (Å²) in [7, 11) is 1.64. The molecule has 0 fully saturated rings. The van der Waals surface area contributed by atoms with Gasteiger partial charge in [0.25, 0.3) is 0 Å². The summed E-state index contributed by atoms with van der Waals surface area (Å²) in [6.45, 7) is 0.506. The second kappa shape index (κ2) is 7.67. The molecule has 2 aromatic rings. The summed E-state index contributed by atoms with van der Waals surface area (Å²) in [5.74, 6) is 1.52. The molecule has 1 atom stereocenters. The Bertz CT molecular complexity index is 554. The molecule has 0 amide bonds. The Morgan fingerprint density at radius 1 is 1.10 bits per heavy atom. The first-order valence-electron chi connectivity index (χ1n) is 6.98. The Balaban J connectivity index is 2.15. The Morgan fingerprint density at radius 2 is 1.81 bits per heavy atom. The van der Waals surface area contributed by atoms with Crippen molar-refractivity contribution in [2.75, 3.05) is 20.3 Å². The highest BCUT2D eigenvalue weighted by molar-refractivity contribution is 5.36. The maximum Gasteiger partial charge on any atom is 0.139 e. The molecule has 0 aromatic heterocycles. The Hall–Kier alpha value is -2.04. The number of para-hydroxylation sites is 1. The normalized spacial score (nSPS) is 12.0. The number of aliphatic hydroxyl groups excluding tert-OH is 1. The summed E-state index contributed by atoms with van der Waals surface area (Å²) in [5, 5.41) is 8.92. The third-order valence-electron chi connectivity index (χ3n) is 3.30. The van der Waals surface area contributed by atoms with E-state index >= 15 is 0 Å². The number of methoxy groups -OCH3 is 1. The SMILES string of the molecule is COc1ccccc1C(CN)Oc1ccc(CCO)cc1. The van der Waals surface area contributed by atoms with Gasteiger partial charge >= 0.3 is 0 Å². The summed E-state index contributed by atoms with van der Waals surface area (Å²) in [5.41, 5.74) is 7.85. The van der Waals surface area contributed by atoms with E-state index in [2.05, 4.69) is 0 Å². The van der Waals surface area contributed by atoms with Crippen LogP contribution < -0.4 is 15.2 Å². The summed E-state index contributed by atoms with van der Waals surface area (Å²) in [6, 6.07) is 15.4. The molecule has 0 radical (unpaired) electrons. The molecule has 2 aromatic carbocycles. The van der Waals surface area contributed by atoms with Gasteiger partial charge in [-0.1, -0.05) is 30.3 Å². The molecule has 0 aliphatic carbocycles. The highest BCUT2D eigenvalue weighted by Crippen LogP contribution is 2.28. The molecule has 0 heterocycles. The zero-order valence-electron chi connectivity index (χ0n) is 12.2. The molecule has 0 spiro atoms. The van der Waals surface area contributed by atoms with E-state index in [1.54, 1.807) is 7.11 Å². The first kappa shape index (κ1) is 15.4. The number of benzene rings is 2. The van der Waals surface area contributed by atoms with Crippen molar-refractivity contribution in [2.45, 2.75) is 12.5 Å². The quantitative estimate of drug-likeness (QED) is 0.820. The molecule has 0 aliphatic heterocycles. The van der Waals surface area contributed by atoms with E-state index in [1.165, 1.54) is 0 Å². The van der Waals surface area contributed by atoms with Crippen LogP contribution in [0.1, 0.15) is 17.2 Å². The number of ether oxygens (including phenoxy) is 2. The van der Waals surface area contributed by atoms with Crippen LogP contribution in [0.3, 0.4) is 0 Å². The average Bonchev–Trinajstić information content (AvgIpc) is 2.54. The van der Waals surface area contributed by atoms with Crippen LogP contribution in [0, 0.1) is 0 Å². The summed E-state index contributed by atoms with van der Waals surface area (Å²) in [6.07, 6.45) is 0.387. The number of aliphatic hydroxyl groups is 1. The van der Waals surface area contributed by atoms with Crippen LogP contribution >= 0.6 is 0 Å². The van der Waals surface area contributed by atoms with Crippen molar-refractivity contribution < 1.29 is 14.6 Å². The van der Waals surface area contributed by atoms with Gasteiger partial charge < -0.3 is 20.3 Å². The van der Waals surface area contributed by atoms with Gasteiger partial charge in [-0.15, -0.1) is 0 Å². The predicted molar refractivity (Wildman–Crippen MR) is 82.6 cm³/mol. The van der Waals surface area contributed by atoms with Crippen LogP contribution in [0.5, 0.6) is 11.5 Å². The fourth-order valence-electron chi connectivity index (χ4n) is 2.20. The van der Waals surface area contributed by atoms with E-state index in [-0.39, 0.29) is 12.7 Å². The molecular formula is C17H21NO3. The molecule has 112 valence electrons.